The van der Waals surface area contributed by atoms with Crippen LogP contribution in [0.2, 0.25) is 0 Å². The van der Waals surface area contributed by atoms with E-state index in [9.17, 15) is 8.42 Å². The first-order valence-electron chi connectivity index (χ1n) is 4.40. The van der Waals surface area contributed by atoms with E-state index in [2.05, 4.69) is 0 Å². The van der Waals surface area contributed by atoms with Gasteiger partial charge in [-0.2, -0.15) is 8.42 Å². The van der Waals surface area contributed by atoms with E-state index in [0.29, 0.717) is 5.69 Å². The SMILES string of the molecule is CN(CCS(=O)(=O)O)c1cccc(N)c1. The van der Waals surface area contributed by atoms with Gasteiger partial charge in [-0.25, -0.2) is 0 Å². The second-order valence-electron chi connectivity index (χ2n) is 3.30. The quantitative estimate of drug-likeness (QED) is 0.584. The summed E-state index contributed by atoms with van der Waals surface area (Å²) in [6.07, 6.45) is 0. The lowest BCUT2D eigenvalue weighted by atomic mass is 10.2. The summed E-state index contributed by atoms with van der Waals surface area (Å²) in [4.78, 5) is 1.71. The minimum Gasteiger partial charge on any atom is -0.399 e. The fourth-order valence-electron chi connectivity index (χ4n) is 1.14. The van der Waals surface area contributed by atoms with Gasteiger partial charge in [0.15, 0.2) is 0 Å². The van der Waals surface area contributed by atoms with Gasteiger partial charge in [0.1, 0.15) is 0 Å². The van der Waals surface area contributed by atoms with Crippen LogP contribution in [0.15, 0.2) is 24.3 Å². The number of benzene rings is 1. The molecule has 6 heteroatoms. The van der Waals surface area contributed by atoms with Crippen molar-refractivity contribution in [2.45, 2.75) is 0 Å². The van der Waals surface area contributed by atoms with Crippen LogP contribution in [0.25, 0.3) is 0 Å². The molecule has 1 aromatic carbocycles. The summed E-state index contributed by atoms with van der Waals surface area (Å²) in [5.41, 5.74) is 7.02. The third-order valence-corrected chi connectivity index (χ3v) is 2.69. The fraction of sp³-hybridized carbons (Fsp3) is 0.333. The zero-order chi connectivity index (χ0) is 11.5. The lowest BCUT2D eigenvalue weighted by Crippen LogP contribution is -2.25. The molecule has 1 aromatic rings. The van der Waals surface area contributed by atoms with Crippen LogP contribution in [-0.4, -0.2) is 32.3 Å². The maximum absolute atomic E-state index is 10.5. The van der Waals surface area contributed by atoms with Crippen molar-refractivity contribution in [2.75, 3.05) is 30.0 Å². The molecule has 0 aliphatic rings. The number of hydrogen-bond donors (Lipinski definition) is 2. The number of nitrogen functional groups attached to an aromatic ring is 1. The van der Waals surface area contributed by atoms with Gasteiger partial charge in [-0.3, -0.25) is 4.55 Å². The Kier molecular flexibility index (Phi) is 3.54. The minimum atomic E-state index is -3.91. The Hall–Kier alpha value is -1.27. The van der Waals surface area contributed by atoms with Gasteiger partial charge in [-0.1, -0.05) is 6.07 Å². The second-order valence-corrected chi connectivity index (χ2v) is 4.87. The van der Waals surface area contributed by atoms with E-state index in [4.69, 9.17) is 10.3 Å². The first-order valence-corrected chi connectivity index (χ1v) is 6.01. The number of hydrogen-bond acceptors (Lipinski definition) is 4. The lowest BCUT2D eigenvalue weighted by molar-refractivity contribution is 0.483. The molecule has 0 aliphatic heterocycles. The van der Waals surface area contributed by atoms with E-state index in [1.54, 1.807) is 30.1 Å². The van der Waals surface area contributed by atoms with Crippen LogP contribution < -0.4 is 10.6 Å². The van der Waals surface area contributed by atoms with Crippen LogP contribution in [0.3, 0.4) is 0 Å². The highest BCUT2D eigenvalue weighted by Gasteiger charge is 2.07. The third-order valence-electron chi connectivity index (χ3n) is 2.00. The highest BCUT2D eigenvalue weighted by Crippen LogP contribution is 2.15. The Bertz CT molecular complexity index is 431. The van der Waals surface area contributed by atoms with E-state index in [1.807, 2.05) is 6.07 Å². The molecule has 0 atom stereocenters. The molecule has 1 rings (SSSR count). The number of rotatable bonds is 4. The molecule has 0 heterocycles. The second kappa shape index (κ2) is 4.50. The number of anilines is 2. The van der Waals surface area contributed by atoms with Gasteiger partial charge in [0.25, 0.3) is 10.1 Å². The molecule has 0 aromatic heterocycles. The van der Waals surface area contributed by atoms with Gasteiger partial charge in [0.05, 0.1) is 5.75 Å². The number of nitrogens with two attached hydrogens (primary N) is 1. The molecule has 0 saturated carbocycles. The predicted octanol–water partition coefficient (Wildman–Crippen LogP) is 0.593. The van der Waals surface area contributed by atoms with Crippen LogP contribution in [0.1, 0.15) is 0 Å². The van der Waals surface area contributed by atoms with E-state index < -0.39 is 10.1 Å². The molecular formula is C9H14N2O3S. The largest absolute Gasteiger partial charge is 0.399 e. The van der Waals surface area contributed by atoms with Crippen LogP contribution in [0.5, 0.6) is 0 Å². The Labute approximate surface area is 89.3 Å². The summed E-state index contributed by atoms with van der Waals surface area (Å²) < 4.78 is 29.7. The van der Waals surface area contributed by atoms with Crippen LogP contribution in [-0.2, 0) is 10.1 Å². The van der Waals surface area contributed by atoms with E-state index in [0.717, 1.165) is 5.69 Å². The van der Waals surface area contributed by atoms with Crippen molar-refractivity contribution in [3.63, 3.8) is 0 Å². The molecule has 0 saturated heterocycles. The topological polar surface area (TPSA) is 83.6 Å². The molecule has 0 fully saturated rings. The molecule has 0 unspecified atom stereocenters. The summed E-state index contributed by atoms with van der Waals surface area (Å²) in [7, 11) is -2.17. The third kappa shape index (κ3) is 4.18. The molecule has 15 heavy (non-hydrogen) atoms. The van der Waals surface area contributed by atoms with Crippen molar-refractivity contribution in [2.24, 2.45) is 0 Å². The monoisotopic (exact) mass is 230 g/mol. The Morgan fingerprint density at radius 3 is 2.67 bits per heavy atom. The van der Waals surface area contributed by atoms with Gasteiger partial charge >= 0.3 is 0 Å². The highest BCUT2D eigenvalue weighted by molar-refractivity contribution is 7.85. The normalized spacial score (nSPS) is 11.3. The minimum absolute atomic E-state index is 0.224. The van der Waals surface area contributed by atoms with Gasteiger partial charge in [-0.15, -0.1) is 0 Å². The van der Waals surface area contributed by atoms with Crippen LogP contribution in [0, 0.1) is 0 Å². The van der Waals surface area contributed by atoms with Gasteiger partial charge in [0, 0.05) is 25.0 Å². The van der Waals surface area contributed by atoms with Crippen molar-refractivity contribution in [1.29, 1.82) is 0 Å². The molecule has 0 spiro atoms. The maximum atomic E-state index is 10.5. The van der Waals surface area contributed by atoms with E-state index in [1.165, 1.54) is 0 Å². The summed E-state index contributed by atoms with van der Waals surface area (Å²) in [5, 5.41) is 0. The van der Waals surface area contributed by atoms with Crippen LogP contribution >= 0.6 is 0 Å². The molecule has 3 N–H and O–H groups in total. The first kappa shape index (κ1) is 11.8. The molecule has 0 aliphatic carbocycles. The molecule has 84 valence electrons. The Balaban J connectivity index is 2.65. The fourth-order valence-corrected chi connectivity index (χ4v) is 1.65. The predicted molar refractivity (Wildman–Crippen MR) is 60.5 cm³/mol. The van der Waals surface area contributed by atoms with Crippen molar-refractivity contribution < 1.29 is 13.0 Å². The van der Waals surface area contributed by atoms with E-state index in [-0.39, 0.29) is 12.3 Å². The van der Waals surface area contributed by atoms with Crippen molar-refractivity contribution in [1.82, 2.24) is 0 Å². The van der Waals surface area contributed by atoms with E-state index >= 15 is 0 Å². The number of nitrogens with zero attached hydrogens (tertiary/aromatic N) is 1. The summed E-state index contributed by atoms with van der Waals surface area (Å²) in [5.74, 6) is -0.293. The van der Waals surface area contributed by atoms with Gasteiger partial charge in [-0.05, 0) is 18.2 Å². The zero-order valence-electron chi connectivity index (χ0n) is 8.42. The van der Waals surface area contributed by atoms with Crippen molar-refractivity contribution in [3.8, 4) is 0 Å². The highest BCUT2D eigenvalue weighted by atomic mass is 32.2. The molecule has 5 nitrogen and oxygen atoms in total. The molecule has 0 bridgehead atoms. The Morgan fingerprint density at radius 1 is 1.47 bits per heavy atom. The van der Waals surface area contributed by atoms with Crippen molar-refractivity contribution in [3.05, 3.63) is 24.3 Å². The average Bonchev–Trinajstić information content (AvgIpc) is 2.13. The summed E-state index contributed by atoms with van der Waals surface area (Å²) >= 11 is 0. The smallest absolute Gasteiger partial charge is 0.266 e. The zero-order valence-corrected chi connectivity index (χ0v) is 9.24. The summed E-state index contributed by atoms with van der Waals surface area (Å²) in [6, 6.07) is 7.10. The Morgan fingerprint density at radius 2 is 2.13 bits per heavy atom. The lowest BCUT2D eigenvalue weighted by Gasteiger charge is -2.18. The molecular weight excluding hydrogens is 216 g/mol. The van der Waals surface area contributed by atoms with Crippen LogP contribution in [0.4, 0.5) is 11.4 Å². The van der Waals surface area contributed by atoms with Gasteiger partial charge in [0.2, 0.25) is 0 Å². The summed E-state index contributed by atoms with van der Waals surface area (Å²) in [6.45, 7) is 0.224. The first-order chi connectivity index (χ1) is 6.88. The van der Waals surface area contributed by atoms with Crippen molar-refractivity contribution >= 4 is 21.5 Å². The standard InChI is InChI=1S/C9H14N2O3S/c1-11(5-6-15(12,13)14)9-4-2-3-8(10)7-9/h2-4,7H,5-6,10H2,1H3,(H,12,13,14). The van der Waals surface area contributed by atoms with Gasteiger partial charge < -0.3 is 10.6 Å². The molecule has 0 amide bonds. The molecule has 0 radical (unpaired) electrons. The average molecular weight is 230 g/mol. The maximum Gasteiger partial charge on any atom is 0.266 e.